The van der Waals surface area contributed by atoms with E-state index in [1.807, 2.05) is 65.6 Å². The highest BCUT2D eigenvalue weighted by molar-refractivity contribution is 5.93. The highest BCUT2D eigenvalue weighted by atomic mass is 16.2. The standard InChI is InChI=1S/C21H23N5O/c27-20(16-25-23-21(22-24-25)17-10-4-1-5-11-17)26(18-12-6-2-7-13-18)19-14-8-3-9-15-19/h1-2,4-7,10-13,19H,3,8-9,14-16H2. The molecule has 1 heterocycles. The molecule has 27 heavy (non-hydrogen) atoms. The zero-order chi connectivity index (χ0) is 18.5. The van der Waals surface area contributed by atoms with E-state index in [9.17, 15) is 4.79 Å². The van der Waals surface area contributed by atoms with E-state index in [0.717, 1.165) is 24.1 Å². The molecule has 6 heteroatoms. The summed E-state index contributed by atoms with van der Waals surface area (Å²) in [4.78, 5) is 16.5. The van der Waals surface area contributed by atoms with Crippen LogP contribution in [-0.2, 0) is 11.3 Å². The predicted molar refractivity (Wildman–Crippen MR) is 104 cm³/mol. The number of carbonyl (C=O) groups is 1. The van der Waals surface area contributed by atoms with E-state index in [4.69, 9.17) is 0 Å². The number of benzene rings is 2. The van der Waals surface area contributed by atoms with Gasteiger partial charge in [0, 0.05) is 17.3 Å². The van der Waals surface area contributed by atoms with Gasteiger partial charge in [-0.1, -0.05) is 67.8 Å². The SMILES string of the molecule is O=C(Cn1nnc(-c2ccccc2)n1)N(c1ccccc1)C1CCCCC1. The third-order valence-electron chi connectivity index (χ3n) is 5.00. The monoisotopic (exact) mass is 361 g/mol. The Morgan fingerprint density at radius 1 is 0.963 bits per heavy atom. The Labute approximate surface area is 158 Å². The Hall–Kier alpha value is -3.02. The van der Waals surface area contributed by atoms with E-state index in [0.29, 0.717) is 5.82 Å². The number of carbonyl (C=O) groups excluding carboxylic acids is 1. The predicted octanol–water partition coefficient (Wildman–Crippen LogP) is 3.71. The minimum Gasteiger partial charge on any atom is -0.308 e. The summed E-state index contributed by atoms with van der Waals surface area (Å²) in [6.07, 6.45) is 5.67. The van der Waals surface area contributed by atoms with Gasteiger partial charge in [0.05, 0.1) is 0 Å². The lowest BCUT2D eigenvalue weighted by Gasteiger charge is -2.34. The van der Waals surface area contributed by atoms with Gasteiger partial charge in [0.2, 0.25) is 5.82 Å². The number of nitrogens with zero attached hydrogens (tertiary/aromatic N) is 5. The first-order chi connectivity index (χ1) is 13.3. The van der Waals surface area contributed by atoms with Crippen molar-refractivity contribution in [3.63, 3.8) is 0 Å². The van der Waals surface area contributed by atoms with Gasteiger partial charge in [-0.3, -0.25) is 4.79 Å². The second-order valence-corrected chi connectivity index (χ2v) is 6.90. The number of rotatable bonds is 5. The van der Waals surface area contributed by atoms with Crippen LogP contribution in [0.25, 0.3) is 11.4 Å². The van der Waals surface area contributed by atoms with E-state index in [-0.39, 0.29) is 18.5 Å². The first kappa shape index (κ1) is 17.4. The Morgan fingerprint density at radius 2 is 1.63 bits per heavy atom. The summed E-state index contributed by atoms with van der Waals surface area (Å²) in [5.74, 6) is 0.539. The van der Waals surface area contributed by atoms with Crippen molar-refractivity contribution in [3.05, 3.63) is 60.7 Å². The lowest BCUT2D eigenvalue weighted by Crippen LogP contribution is -2.43. The summed E-state index contributed by atoms with van der Waals surface area (Å²) in [7, 11) is 0. The van der Waals surface area contributed by atoms with E-state index in [1.54, 1.807) is 0 Å². The van der Waals surface area contributed by atoms with Gasteiger partial charge < -0.3 is 4.90 Å². The van der Waals surface area contributed by atoms with Crippen molar-refractivity contribution in [3.8, 4) is 11.4 Å². The van der Waals surface area contributed by atoms with Crippen molar-refractivity contribution in [2.75, 3.05) is 4.90 Å². The third kappa shape index (κ3) is 4.05. The van der Waals surface area contributed by atoms with Crippen LogP contribution in [0.15, 0.2) is 60.7 Å². The van der Waals surface area contributed by atoms with Gasteiger partial charge in [-0.25, -0.2) is 0 Å². The Morgan fingerprint density at radius 3 is 2.33 bits per heavy atom. The molecular formula is C21H23N5O. The number of amides is 1. The molecule has 4 rings (SSSR count). The van der Waals surface area contributed by atoms with Crippen LogP contribution >= 0.6 is 0 Å². The molecule has 1 aliphatic rings. The first-order valence-electron chi connectivity index (χ1n) is 9.51. The van der Waals surface area contributed by atoms with Gasteiger partial charge in [-0.15, -0.1) is 10.2 Å². The zero-order valence-electron chi connectivity index (χ0n) is 15.2. The second kappa shape index (κ2) is 8.12. The van der Waals surface area contributed by atoms with E-state index in [1.165, 1.54) is 24.1 Å². The average Bonchev–Trinajstić information content (AvgIpc) is 3.19. The van der Waals surface area contributed by atoms with Crippen molar-refractivity contribution in [1.82, 2.24) is 20.2 Å². The largest absolute Gasteiger partial charge is 0.308 e. The van der Waals surface area contributed by atoms with Crippen LogP contribution in [0, 0.1) is 0 Å². The maximum atomic E-state index is 13.2. The maximum Gasteiger partial charge on any atom is 0.250 e. The minimum absolute atomic E-state index is 0.00473. The molecule has 1 amide bonds. The fourth-order valence-electron chi connectivity index (χ4n) is 3.70. The quantitative estimate of drug-likeness (QED) is 0.695. The highest BCUT2D eigenvalue weighted by Crippen LogP contribution is 2.27. The van der Waals surface area contributed by atoms with Crippen molar-refractivity contribution in [1.29, 1.82) is 0 Å². The smallest absolute Gasteiger partial charge is 0.250 e. The van der Waals surface area contributed by atoms with Crippen LogP contribution < -0.4 is 4.90 Å². The molecule has 1 aromatic heterocycles. The first-order valence-corrected chi connectivity index (χ1v) is 9.51. The number of para-hydroxylation sites is 1. The van der Waals surface area contributed by atoms with E-state index < -0.39 is 0 Å². The van der Waals surface area contributed by atoms with Gasteiger partial charge in [-0.2, -0.15) is 4.80 Å². The summed E-state index contributed by atoms with van der Waals surface area (Å²) >= 11 is 0. The molecule has 0 N–H and O–H groups in total. The van der Waals surface area contributed by atoms with Crippen molar-refractivity contribution in [2.45, 2.75) is 44.7 Å². The van der Waals surface area contributed by atoms with Crippen molar-refractivity contribution < 1.29 is 4.79 Å². The number of tetrazole rings is 1. The summed E-state index contributed by atoms with van der Waals surface area (Å²) in [6.45, 7) is 0.0885. The Balaban J connectivity index is 1.54. The van der Waals surface area contributed by atoms with Gasteiger partial charge in [0.25, 0.3) is 5.91 Å². The van der Waals surface area contributed by atoms with Gasteiger partial charge >= 0.3 is 0 Å². The van der Waals surface area contributed by atoms with Crippen molar-refractivity contribution >= 4 is 11.6 Å². The zero-order valence-corrected chi connectivity index (χ0v) is 15.2. The molecule has 0 spiro atoms. The van der Waals surface area contributed by atoms with Crippen LogP contribution in [0.1, 0.15) is 32.1 Å². The molecule has 1 fully saturated rings. The Kier molecular flexibility index (Phi) is 5.23. The molecule has 0 bridgehead atoms. The van der Waals surface area contributed by atoms with Gasteiger partial charge in [-0.05, 0) is 30.2 Å². The number of hydrogen-bond donors (Lipinski definition) is 0. The lowest BCUT2D eigenvalue weighted by molar-refractivity contribution is -0.120. The molecule has 0 aliphatic heterocycles. The molecule has 2 aromatic carbocycles. The summed E-state index contributed by atoms with van der Waals surface area (Å²) < 4.78 is 0. The average molecular weight is 361 g/mol. The summed E-state index contributed by atoms with van der Waals surface area (Å²) in [6, 6.07) is 19.8. The molecule has 1 saturated carbocycles. The van der Waals surface area contributed by atoms with Crippen LogP contribution in [-0.4, -0.2) is 32.2 Å². The molecule has 0 unspecified atom stereocenters. The third-order valence-corrected chi connectivity index (χ3v) is 5.00. The maximum absolute atomic E-state index is 13.2. The van der Waals surface area contributed by atoms with Crippen LogP contribution in [0.4, 0.5) is 5.69 Å². The van der Waals surface area contributed by atoms with Gasteiger partial charge in [0.1, 0.15) is 6.54 Å². The van der Waals surface area contributed by atoms with Crippen LogP contribution in [0.3, 0.4) is 0 Å². The lowest BCUT2D eigenvalue weighted by atomic mass is 9.93. The molecular weight excluding hydrogens is 338 g/mol. The molecule has 0 radical (unpaired) electrons. The second-order valence-electron chi connectivity index (χ2n) is 6.90. The molecule has 0 saturated heterocycles. The molecule has 6 nitrogen and oxygen atoms in total. The molecule has 1 aliphatic carbocycles. The topological polar surface area (TPSA) is 63.9 Å². The number of aromatic nitrogens is 4. The molecule has 138 valence electrons. The highest BCUT2D eigenvalue weighted by Gasteiger charge is 2.27. The fourth-order valence-corrected chi connectivity index (χ4v) is 3.70. The summed E-state index contributed by atoms with van der Waals surface area (Å²) in [5, 5.41) is 12.6. The van der Waals surface area contributed by atoms with Crippen LogP contribution in [0.2, 0.25) is 0 Å². The normalized spacial score (nSPS) is 14.8. The van der Waals surface area contributed by atoms with E-state index >= 15 is 0 Å². The minimum atomic E-state index is 0.00473. The fraction of sp³-hybridized carbons (Fsp3) is 0.333. The molecule has 3 aromatic rings. The Bertz CT molecular complexity index is 872. The molecule has 0 atom stereocenters. The number of anilines is 1. The van der Waals surface area contributed by atoms with Gasteiger partial charge in [0.15, 0.2) is 0 Å². The van der Waals surface area contributed by atoms with E-state index in [2.05, 4.69) is 15.4 Å². The van der Waals surface area contributed by atoms with Crippen LogP contribution in [0.5, 0.6) is 0 Å². The van der Waals surface area contributed by atoms with Crippen molar-refractivity contribution in [2.24, 2.45) is 0 Å². The number of hydrogen-bond acceptors (Lipinski definition) is 4. The summed E-state index contributed by atoms with van der Waals surface area (Å²) in [5.41, 5.74) is 1.83.